The molecule has 1 heterocycles. The average Bonchev–Trinajstić information content (AvgIpc) is 2.27. The fourth-order valence-electron chi connectivity index (χ4n) is 1.58. The first-order valence-electron chi connectivity index (χ1n) is 6.11. The molecule has 0 aliphatic rings. The molecule has 0 saturated heterocycles. The van der Waals surface area contributed by atoms with Crippen molar-refractivity contribution >= 4 is 28.4 Å². The quantitative estimate of drug-likeness (QED) is 0.799. The Morgan fingerprint density at radius 1 is 1.11 bits per heavy atom. The van der Waals surface area contributed by atoms with Crippen molar-refractivity contribution < 1.29 is 4.74 Å². The van der Waals surface area contributed by atoms with Crippen LogP contribution in [0.5, 0.6) is 11.6 Å². The third kappa shape index (κ3) is 4.70. The summed E-state index contributed by atoms with van der Waals surface area (Å²) in [5.74, 6) is 2.21. The standard InChI is InChI=1S/C15H17IN2O/c1-15(2,3)18-13-8-5-9-14(17-13)19-12-7-4-6-11(16)10-12/h4-10H,1-3H3,(H,17,18). The van der Waals surface area contributed by atoms with Crippen LogP contribution in [0.3, 0.4) is 0 Å². The van der Waals surface area contributed by atoms with E-state index in [1.807, 2.05) is 42.5 Å². The van der Waals surface area contributed by atoms with Crippen molar-refractivity contribution in [3.63, 3.8) is 0 Å². The summed E-state index contributed by atoms with van der Waals surface area (Å²) in [5, 5.41) is 3.33. The lowest BCUT2D eigenvalue weighted by Crippen LogP contribution is -2.26. The number of nitrogens with zero attached hydrogens (tertiary/aromatic N) is 1. The van der Waals surface area contributed by atoms with Gasteiger partial charge in [0.15, 0.2) is 0 Å². The number of nitrogens with one attached hydrogen (secondary N) is 1. The van der Waals surface area contributed by atoms with E-state index in [0.29, 0.717) is 5.88 Å². The van der Waals surface area contributed by atoms with Gasteiger partial charge in [-0.3, -0.25) is 0 Å². The number of benzene rings is 1. The first-order valence-corrected chi connectivity index (χ1v) is 7.19. The van der Waals surface area contributed by atoms with E-state index in [1.165, 1.54) is 0 Å². The second kappa shape index (κ2) is 5.77. The molecule has 1 N–H and O–H groups in total. The lowest BCUT2D eigenvalue weighted by atomic mass is 10.1. The highest BCUT2D eigenvalue weighted by molar-refractivity contribution is 14.1. The Morgan fingerprint density at radius 2 is 1.84 bits per heavy atom. The van der Waals surface area contributed by atoms with Crippen LogP contribution < -0.4 is 10.1 Å². The zero-order valence-corrected chi connectivity index (χ0v) is 13.4. The van der Waals surface area contributed by atoms with Gasteiger partial charge in [-0.05, 0) is 67.6 Å². The number of anilines is 1. The Morgan fingerprint density at radius 3 is 2.53 bits per heavy atom. The molecule has 0 unspecified atom stereocenters. The maximum atomic E-state index is 5.76. The first-order chi connectivity index (χ1) is 8.92. The van der Waals surface area contributed by atoms with E-state index in [9.17, 15) is 0 Å². The summed E-state index contributed by atoms with van der Waals surface area (Å²) in [6.07, 6.45) is 0. The number of hydrogen-bond donors (Lipinski definition) is 1. The Labute approximate surface area is 127 Å². The average molecular weight is 368 g/mol. The molecule has 1 aromatic heterocycles. The fourth-order valence-corrected chi connectivity index (χ4v) is 2.09. The lowest BCUT2D eigenvalue weighted by molar-refractivity contribution is 0.462. The highest BCUT2D eigenvalue weighted by Crippen LogP contribution is 2.23. The van der Waals surface area contributed by atoms with E-state index in [-0.39, 0.29) is 5.54 Å². The molecule has 0 bridgehead atoms. The predicted molar refractivity (Wildman–Crippen MR) is 86.8 cm³/mol. The van der Waals surface area contributed by atoms with Crippen LogP contribution in [-0.4, -0.2) is 10.5 Å². The van der Waals surface area contributed by atoms with Gasteiger partial charge in [-0.1, -0.05) is 12.1 Å². The molecular formula is C15H17IN2O. The molecule has 0 aliphatic carbocycles. The van der Waals surface area contributed by atoms with E-state index < -0.39 is 0 Å². The van der Waals surface area contributed by atoms with Crippen LogP contribution in [0.1, 0.15) is 20.8 Å². The number of ether oxygens (including phenoxy) is 1. The van der Waals surface area contributed by atoms with Crippen molar-refractivity contribution in [1.82, 2.24) is 4.98 Å². The normalized spacial score (nSPS) is 11.2. The first kappa shape index (κ1) is 14.1. The molecule has 19 heavy (non-hydrogen) atoms. The zero-order valence-electron chi connectivity index (χ0n) is 11.3. The molecular weight excluding hydrogens is 351 g/mol. The number of pyridine rings is 1. The summed E-state index contributed by atoms with van der Waals surface area (Å²) in [6.45, 7) is 6.30. The topological polar surface area (TPSA) is 34.1 Å². The van der Waals surface area contributed by atoms with Crippen molar-refractivity contribution in [1.29, 1.82) is 0 Å². The van der Waals surface area contributed by atoms with Gasteiger partial charge in [-0.15, -0.1) is 0 Å². The van der Waals surface area contributed by atoms with Crippen molar-refractivity contribution in [2.24, 2.45) is 0 Å². The van der Waals surface area contributed by atoms with Gasteiger partial charge in [0.25, 0.3) is 0 Å². The Bertz CT molecular complexity index is 564. The van der Waals surface area contributed by atoms with E-state index >= 15 is 0 Å². The number of rotatable bonds is 3. The molecule has 0 radical (unpaired) electrons. The van der Waals surface area contributed by atoms with Crippen LogP contribution in [0.15, 0.2) is 42.5 Å². The zero-order chi connectivity index (χ0) is 13.9. The summed E-state index contributed by atoms with van der Waals surface area (Å²) in [7, 11) is 0. The summed E-state index contributed by atoms with van der Waals surface area (Å²) in [5.41, 5.74) is -0.0201. The minimum atomic E-state index is -0.0201. The third-order valence-corrected chi connectivity index (χ3v) is 2.92. The summed E-state index contributed by atoms with van der Waals surface area (Å²) in [6, 6.07) is 13.6. The SMILES string of the molecule is CC(C)(C)Nc1cccc(Oc2cccc(I)c2)n1. The molecule has 0 saturated carbocycles. The minimum absolute atomic E-state index is 0.0201. The molecule has 0 atom stereocenters. The van der Waals surface area contributed by atoms with E-state index in [1.54, 1.807) is 0 Å². The highest BCUT2D eigenvalue weighted by Gasteiger charge is 2.10. The van der Waals surface area contributed by atoms with Gasteiger partial charge >= 0.3 is 0 Å². The fraction of sp³-hybridized carbons (Fsp3) is 0.267. The smallest absolute Gasteiger partial charge is 0.221 e. The van der Waals surface area contributed by atoms with Crippen molar-refractivity contribution in [2.75, 3.05) is 5.32 Å². The van der Waals surface area contributed by atoms with Crippen LogP contribution >= 0.6 is 22.6 Å². The summed E-state index contributed by atoms with van der Waals surface area (Å²) < 4.78 is 6.90. The van der Waals surface area contributed by atoms with E-state index in [2.05, 4.69) is 53.7 Å². The molecule has 0 amide bonds. The second-order valence-electron chi connectivity index (χ2n) is 5.30. The van der Waals surface area contributed by atoms with Gasteiger partial charge in [-0.25, -0.2) is 0 Å². The van der Waals surface area contributed by atoms with Crippen molar-refractivity contribution in [3.8, 4) is 11.6 Å². The van der Waals surface area contributed by atoms with Gasteiger partial charge in [0, 0.05) is 15.2 Å². The van der Waals surface area contributed by atoms with Gasteiger partial charge in [-0.2, -0.15) is 4.98 Å². The van der Waals surface area contributed by atoms with E-state index in [0.717, 1.165) is 15.1 Å². The van der Waals surface area contributed by atoms with Crippen LogP contribution in [0, 0.1) is 3.57 Å². The van der Waals surface area contributed by atoms with Gasteiger partial charge in [0.1, 0.15) is 11.6 Å². The monoisotopic (exact) mass is 368 g/mol. The highest BCUT2D eigenvalue weighted by atomic mass is 127. The molecule has 1 aromatic carbocycles. The lowest BCUT2D eigenvalue weighted by Gasteiger charge is -2.21. The Kier molecular flexibility index (Phi) is 4.29. The molecule has 0 aliphatic heterocycles. The number of halogens is 1. The molecule has 2 aromatic rings. The van der Waals surface area contributed by atoms with Crippen molar-refractivity contribution in [3.05, 3.63) is 46.0 Å². The third-order valence-electron chi connectivity index (χ3n) is 2.25. The maximum absolute atomic E-state index is 5.76. The van der Waals surface area contributed by atoms with Gasteiger partial charge in [0.2, 0.25) is 5.88 Å². The minimum Gasteiger partial charge on any atom is -0.439 e. The van der Waals surface area contributed by atoms with Crippen LogP contribution in [0.25, 0.3) is 0 Å². The molecule has 100 valence electrons. The molecule has 3 nitrogen and oxygen atoms in total. The summed E-state index contributed by atoms with van der Waals surface area (Å²) >= 11 is 2.26. The molecule has 0 spiro atoms. The van der Waals surface area contributed by atoms with Crippen LogP contribution in [0.4, 0.5) is 5.82 Å². The second-order valence-corrected chi connectivity index (χ2v) is 6.54. The Hall–Kier alpha value is -1.30. The number of aromatic nitrogens is 1. The molecule has 0 fully saturated rings. The van der Waals surface area contributed by atoms with Crippen molar-refractivity contribution in [2.45, 2.75) is 26.3 Å². The van der Waals surface area contributed by atoms with Gasteiger partial charge in [0.05, 0.1) is 0 Å². The molecule has 2 rings (SSSR count). The van der Waals surface area contributed by atoms with Crippen LogP contribution in [-0.2, 0) is 0 Å². The number of hydrogen-bond acceptors (Lipinski definition) is 3. The maximum Gasteiger partial charge on any atom is 0.221 e. The van der Waals surface area contributed by atoms with Crippen LogP contribution in [0.2, 0.25) is 0 Å². The Balaban J connectivity index is 2.15. The molecule has 4 heteroatoms. The van der Waals surface area contributed by atoms with Gasteiger partial charge < -0.3 is 10.1 Å². The largest absolute Gasteiger partial charge is 0.439 e. The van der Waals surface area contributed by atoms with E-state index in [4.69, 9.17) is 4.74 Å². The summed E-state index contributed by atoms with van der Waals surface area (Å²) in [4.78, 5) is 4.45. The predicted octanol–water partition coefficient (Wildman–Crippen LogP) is 4.69.